The first-order chi connectivity index (χ1) is 11.2. The standard InChI is InChI=1S/C16H21N3O4S/c1-4-5-10(2)13-9-15(18-17-13)19-24(22,23)14-8-12(16(20)21)7-6-11(14)3/h6-10H,4-5H2,1-3H3,(H,20,21)(H2,17,18,19)/t10-/m1/s1. The van der Waals surface area contributed by atoms with Gasteiger partial charge < -0.3 is 5.11 Å². The average molecular weight is 351 g/mol. The van der Waals surface area contributed by atoms with Crippen molar-refractivity contribution in [2.24, 2.45) is 0 Å². The Morgan fingerprint density at radius 2 is 2.08 bits per heavy atom. The van der Waals surface area contributed by atoms with Crippen LogP contribution in [-0.2, 0) is 10.0 Å². The molecular weight excluding hydrogens is 330 g/mol. The largest absolute Gasteiger partial charge is 0.478 e. The number of nitrogens with one attached hydrogen (secondary N) is 2. The number of hydrogen-bond acceptors (Lipinski definition) is 4. The number of sulfonamides is 1. The molecule has 1 aromatic heterocycles. The Hall–Kier alpha value is -2.35. The van der Waals surface area contributed by atoms with E-state index >= 15 is 0 Å². The molecule has 0 saturated carbocycles. The molecule has 0 aliphatic heterocycles. The number of anilines is 1. The van der Waals surface area contributed by atoms with E-state index in [0.717, 1.165) is 24.6 Å². The van der Waals surface area contributed by atoms with Crippen LogP contribution in [0.15, 0.2) is 29.2 Å². The van der Waals surface area contributed by atoms with Crippen LogP contribution in [0.25, 0.3) is 0 Å². The second kappa shape index (κ2) is 7.04. The van der Waals surface area contributed by atoms with Crippen LogP contribution in [0.5, 0.6) is 0 Å². The van der Waals surface area contributed by atoms with Gasteiger partial charge in [-0.3, -0.25) is 9.82 Å². The lowest BCUT2D eigenvalue weighted by molar-refractivity contribution is 0.0696. The quantitative estimate of drug-likeness (QED) is 0.709. The van der Waals surface area contributed by atoms with Crippen LogP contribution in [0.2, 0.25) is 0 Å². The van der Waals surface area contributed by atoms with Gasteiger partial charge in [-0.25, -0.2) is 13.2 Å². The molecule has 7 nitrogen and oxygen atoms in total. The van der Waals surface area contributed by atoms with Crippen molar-refractivity contribution in [3.05, 3.63) is 41.1 Å². The summed E-state index contributed by atoms with van der Waals surface area (Å²) in [5.41, 5.74) is 1.23. The molecule has 0 radical (unpaired) electrons. The van der Waals surface area contributed by atoms with E-state index in [2.05, 4.69) is 21.8 Å². The van der Waals surface area contributed by atoms with Crippen LogP contribution in [0.4, 0.5) is 5.82 Å². The first kappa shape index (κ1) is 18.0. The fourth-order valence-corrected chi connectivity index (χ4v) is 3.71. The van der Waals surface area contributed by atoms with E-state index in [1.165, 1.54) is 12.1 Å². The molecule has 2 rings (SSSR count). The molecule has 1 aromatic carbocycles. The summed E-state index contributed by atoms with van der Waals surface area (Å²) >= 11 is 0. The summed E-state index contributed by atoms with van der Waals surface area (Å²) in [6.45, 7) is 5.73. The second-order valence-electron chi connectivity index (χ2n) is 5.79. The molecule has 0 saturated heterocycles. The summed E-state index contributed by atoms with van der Waals surface area (Å²) in [6, 6.07) is 5.65. The first-order valence-corrected chi connectivity index (χ1v) is 9.15. The van der Waals surface area contributed by atoms with Crippen LogP contribution in [-0.4, -0.2) is 29.7 Å². The fourth-order valence-electron chi connectivity index (χ4n) is 2.45. The third kappa shape index (κ3) is 3.94. The lowest BCUT2D eigenvalue weighted by Crippen LogP contribution is -2.15. The van der Waals surface area contributed by atoms with Gasteiger partial charge >= 0.3 is 5.97 Å². The van der Waals surface area contributed by atoms with Crippen molar-refractivity contribution in [3.8, 4) is 0 Å². The Balaban J connectivity index is 2.29. The molecule has 3 N–H and O–H groups in total. The highest BCUT2D eigenvalue weighted by Crippen LogP contribution is 2.23. The van der Waals surface area contributed by atoms with Crippen LogP contribution in [0.3, 0.4) is 0 Å². The topological polar surface area (TPSA) is 112 Å². The Kier molecular flexibility index (Phi) is 5.28. The van der Waals surface area contributed by atoms with Gasteiger partial charge in [0.15, 0.2) is 5.82 Å². The monoisotopic (exact) mass is 351 g/mol. The number of rotatable bonds is 7. The molecule has 0 fully saturated rings. The lowest BCUT2D eigenvalue weighted by Gasteiger charge is -2.09. The number of carboxylic acid groups (broad SMARTS) is 1. The predicted molar refractivity (Wildman–Crippen MR) is 90.9 cm³/mol. The number of benzene rings is 1. The minimum absolute atomic E-state index is 0.0754. The number of carboxylic acids is 1. The van der Waals surface area contributed by atoms with Gasteiger partial charge in [0.25, 0.3) is 10.0 Å². The Labute approximate surface area is 141 Å². The molecule has 1 atom stereocenters. The van der Waals surface area contributed by atoms with Gasteiger partial charge in [0, 0.05) is 11.8 Å². The third-order valence-corrected chi connectivity index (χ3v) is 5.31. The Bertz CT molecular complexity index is 843. The molecule has 2 aromatic rings. The summed E-state index contributed by atoms with van der Waals surface area (Å²) in [6.07, 6.45) is 1.98. The normalized spacial score (nSPS) is 12.8. The maximum Gasteiger partial charge on any atom is 0.335 e. The number of nitrogens with zero attached hydrogens (tertiary/aromatic N) is 1. The smallest absolute Gasteiger partial charge is 0.335 e. The first-order valence-electron chi connectivity index (χ1n) is 7.66. The van der Waals surface area contributed by atoms with E-state index in [9.17, 15) is 13.2 Å². The molecule has 0 spiro atoms. The third-order valence-electron chi connectivity index (χ3n) is 3.81. The molecule has 0 aliphatic rings. The minimum Gasteiger partial charge on any atom is -0.478 e. The molecule has 0 amide bonds. The van der Waals surface area contributed by atoms with Crippen molar-refractivity contribution < 1.29 is 18.3 Å². The average Bonchev–Trinajstić information content (AvgIpc) is 2.95. The summed E-state index contributed by atoms with van der Waals surface area (Å²) in [5, 5.41) is 15.9. The highest BCUT2D eigenvalue weighted by atomic mass is 32.2. The van der Waals surface area contributed by atoms with Crippen molar-refractivity contribution in [1.82, 2.24) is 10.2 Å². The lowest BCUT2D eigenvalue weighted by atomic mass is 10.0. The van der Waals surface area contributed by atoms with E-state index in [0.29, 0.717) is 5.56 Å². The van der Waals surface area contributed by atoms with Crippen LogP contribution >= 0.6 is 0 Å². The number of aromatic nitrogens is 2. The zero-order valence-corrected chi connectivity index (χ0v) is 14.6. The van der Waals surface area contributed by atoms with Gasteiger partial charge in [-0.1, -0.05) is 26.3 Å². The van der Waals surface area contributed by atoms with Gasteiger partial charge in [0.05, 0.1) is 10.5 Å². The van der Waals surface area contributed by atoms with Crippen molar-refractivity contribution in [3.63, 3.8) is 0 Å². The summed E-state index contributed by atoms with van der Waals surface area (Å²) in [4.78, 5) is 11.0. The number of aromatic carboxylic acids is 1. The fraction of sp³-hybridized carbons (Fsp3) is 0.375. The second-order valence-corrected chi connectivity index (χ2v) is 7.44. The van der Waals surface area contributed by atoms with E-state index in [-0.39, 0.29) is 22.2 Å². The summed E-state index contributed by atoms with van der Waals surface area (Å²) in [7, 11) is -3.92. The zero-order chi connectivity index (χ0) is 17.9. The van der Waals surface area contributed by atoms with Crippen molar-refractivity contribution >= 4 is 21.8 Å². The maximum absolute atomic E-state index is 12.5. The molecule has 0 aliphatic carbocycles. The summed E-state index contributed by atoms with van der Waals surface area (Å²) in [5.74, 6) is -0.743. The number of hydrogen-bond donors (Lipinski definition) is 3. The van der Waals surface area contributed by atoms with Gasteiger partial charge in [-0.15, -0.1) is 0 Å². The van der Waals surface area contributed by atoms with Gasteiger partial charge in [0.1, 0.15) is 0 Å². The van der Waals surface area contributed by atoms with E-state index in [1.54, 1.807) is 13.0 Å². The van der Waals surface area contributed by atoms with Crippen LogP contribution < -0.4 is 4.72 Å². The van der Waals surface area contributed by atoms with Gasteiger partial charge in [-0.05, 0) is 37.0 Å². The van der Waals surface area contributed by atoms with Crippen molar-refractivity contribution in [2.45, 2.75) is 44.4 Å². The molecule has 8 heteroatoms. The van der Waals surface area contributed by atoms with E-state index < -0.39 is 16.0 Å². The van der Waals surface area contributed by atoms with Gasteiger partial charge in [-0.2, -0.15) is 5.10 Å². The highest BCUT2D eigenvalue weighted by molar-refractivity contribution is 7.92. The highest BCUT2D eigenvalue weighted by Gasteiger charge is 2.21. The van der Waals surface area contributed by atoms with Gasteiger partial charge in [0.2, 0.25) is 0 Å². The van der Waals surface area contributed by atoms with Crippen LogP contribution in [0.1, 0.15) is 54.2 Å². The van der Waals surface area contributed by atoms with E-state index in [1.807, 2.05) is 6.92 Å². The molecule has 0 bridgehead atoms. The number of carbonyl (C=O) groups is 1. The van der Waals surface area contributed by atoms with Crippen molar-refractivity contribution in [1.29, 1.82) is 0 Å². The van der Waals surface area contributed by atoms with Crippen LogP contribution in [0, 0.1) is 6.92 Å². The molecule has 0 unspecified atom stereocenters. The molecule has 24 heavy (non-hydrogen) atoms. The molecular formula is C16H21N3O4S. The minimum atomic E-state index is -3.92. The summed E-state index contributed by atoms with van der Waals surface area (Å²) < 4.78 is 27.5. The number of aryl methyl sites for hydroxylation is 1. The number of H-pyrrole nitrogens is 1. The SMILES string of the molecule is CCC[C@@H](C)c1cc(NS(=O)(=O)c2cc(C(=O)O)ccc2C)n[nH]1. The van der Waals surface area contributed by atoms with E-state index in [4.69, 9.17) is 5.11 Å². The predicted octanol–water partition coefficient (Wildman–Crippen LogP) is 3.12. The Morgan fingerprint density at radius 1 is 1.38 bits per heavy atom. The van der Waals surface area contributed by atoms with Crippen molar-refractivity contribution in [2.75, 3.05) is 4.72 Å². The maximum atomic E-state index is 12.5. The Morgan fingerprint density at radius 3 is 2.71 bits per heavy atom. The number of aromatic amines is 1. The molecule has 130 valence electrons. The zero-order valence-electron chi connectivity index (χ0n) is 13.8. The molecule has 1 heterocycles.